The first-order chi connectivity index (χ1) is 5.74. The Hall–Kier alpha value is -0.410. The van der Waals surface area contributed by atoms with Gasteiger partial charge in [-0.3, -0.25) is 0 Å². The highest BCUT2D eigenvalue weighted by atomic mass is 32.1. The van der Waals surface area contributed by atoms with Gasteiger partial charge in [-0.1, -0.05) is 6.92 Å². The van der Waals surface area contributed by atoms with Gasteiger partial charge in [-0.15, -0.1) is 11.3 Å². The first kappa shape index (κ1) is 9.68. The second-order valence-electron chi connectivity index (χ2n) is 3.01. The summed E-state index contributed by atoms with van der Waals surface area (Å²) < 4.78 is 5.02. The van der Waals surface area contributed by atoms with E-state index >= 15 is 0 Å². The van der Waals surface area contributed by atoms with Crippen molar-refractivity contribution in [2.45, 2.75) is 26.2 Å². The smallest absolute Gasteiger partial charge is 0.0957 e. The number of aryl methyl sites for hydroxylation is 1. The van der Waals surface area contributed by atoms with E-state index in [0.29, 0.717) is 5.92 Å². The molecule has 1 aromatic rings. The Morgan fingerprint density at radius 3 is 2.92 bits per heavy atom. The molecule has 0 aliphatic rings. The van der Waals surface area contributed by atoms with E-state index in [1.807, 2.05) is 6.92 Å². The lowest BCUT2D eigenvalue weighted by atomic mass is 10.1. The Labute approximate surface area is 77.6 Å². The Bertz CT molecular complexity index is 234. The zero-order valence-electron chi connectivity index (χ0n) is 7.83. The largest absolute Gasteiger partial charge is 0.385 e. The predicted molar refractivity (Wildman–Crippen MR) is 51.8 cm³/mol. The third-order valence-corrected chi connectivity index (χ3v) is 3.01. The van der Waals surface area contributed by atoms with E-state index in [1.165, 1.54) is 5.01 Å². The highest BCUT2D eigenvalue weighted by molar-refractivity contribution is 7.09. The van der Waals surface area contributed by atoms with Crippen LogP contribution in [0.15, 0.2) is 5.38 Å². The SMILES string of the molecule is COCCC(C)c1nc(C)cs1. The summed E-state index contributed by atoms with van der Waals surface area (Å²) >= 11 is 1.74. The highest BCUT2D eigenvalue weighted by Crippen LogP contribution is 2.22. The maximum atomic E-state index is 5.02. The van der Waals surface area contributed by atoms with Crippen LogP contribution in [0.1, 0.15) is 30.0 Å². The summed E-state index contributed by atoms with van der Waals surface area (Å²) in [5.41, 5.74) is 1.12. The molecule has 0 aromatic carbocycles. The lowest BCUT2D eigenvalue weighted by Gasteiger charge is -2.05. The summed E-state index contributed by atoms with van der Waals surface area (Å²) in [6.07, 6.45) is 1.06. The third kappa shape index (κ3) is 2.57. The van der Waals surface area contributed by atoms with Gasteiger partial charge in [0.1, 0.15) is 0 Å². The number of hydrogen-bond donors (Lipinski definition) is 0. The number of nitrogens with zero attached hydrogens (tertiary/aromatic N) is 1. The van der Waals surface area contributed by atoms with Gasteiger partial charge in [0.05, 0.1) is 5.01 Å². The third-order valence-electron chi connectivity index (χ3n) is 1.81. The van der Waals surface area contributed by atoms with Crippen LogP contribution in [-0.4, -0.2) is 18.7 Å². The zero-order chi connectivity index (χ0) is 8.97. The van der Waals surface area contributed by atoms with Gasteiger partial charge in [0.25, 0.3) is 0 Å². The van der Waals surface area contributed by atoms with E-state index in [1.54, 1.807) is 18.4 Å². The van der Waals surface area contributed by atoms with Crippen LogP contribution < -0.4 is 0 Å². The van der Waals surface area contributed by atoms with Crippen molar-refractivity contribution in [3.8, 4) is 0 Å². The fourth-order valence-electron chi connectivity index (χ4n) is 1.02. The standard InChI is InChI=1S/C9H15NOS/c1-7(4-5-11-3)9-10-8(2)6-12-9/h6-7H,4-5H2,1-3H3. The monoisotopic (exact) mass is 185 g/mol. The lowest BCUT2D eigenvalue weighted by Crippen LogP contribution is -1.98. The van der Waals surface area contributed by atoms with Crippen LogP contribution in [0.2, 0.25) is 0 Å². The van der Waals surface area contributed by atoms with Crippen molar-refractivity contribution in [1.82, 2.24) is 4.98 Å². The summed E-state index contributed by atoms with van der Waals surface area (Å²) in [4.78, 5) is 4.43. The second kappa shape index (κ2) is 4.58. The molecule has 0 saturated carbocycles. The molecular formula is C9H15NOS. The van der Waals surface area contributed by atoms with Crippen molar-refractivity contribution < 1.29 is 4.74 Å². The molecule has 2 nitrogen and oxygen atoms in total. The quantitative estimate of drug-likeness (QED) is 0.719. The lowest BCUT2D eigenvalue weighted by molar-refractivity contribution is 0.189. The molecule has 1 unspecified atom stereocenters. The van der Waals surface area contributed by atoms with Crippen LogP contribution in [0.3, 0.4) is 0 Å². The molecule has 1 rings (SSSR count). The van der Waals surface area contributed by atoms with E-state index in [9.17, 15) is 0 Å². The number of methoxy groups -OCH3 is 1. The minimum absolute atomic E-state index is 0.531. The molecule has 1 heterocycles. The van der Waals surface area contributed by atoms with Crippen LogP contribution >= 0.6 is 11.3 Å². The van der Waals surface area contributed by atoms with Crippen molar-refractivity contribution in [2.24, 2.45) is 0 Å². The second-order valence-corrected chi connectivity index (χ2v) is 3.90. The maximum absolute atomic E-state index is 5.02. The van der Waals surface area contributed by atoms with Gasteiger partial charge in [-0.25, -0.2) is 4.98 Å². The van der Waals surface area contributed by atoms with Crippen LogP contribution in [0, 0.1) is 6.92 Å². The summed E-state index contributed by atoms with van der Waals surface area (Å²) in [6, 6.07) is 0. The van der Waals surface area contributed by atoms with E-state index in [0.717, 1.165) is 18.7 Å². The average Bonchev–Trinajstić information content (AvgIpc) is 2.47. The Balaban J connectivity index is 2.47. The molecule has 0 fully saturated rings. The molecule has 0 amide bonds. The summed E-state index contributed by atoms with van der Waals surface area (Å²) in [6.45, 7) is 5.04. The number of ether oxygens (including phenoxy) is 1. The number of hydrogen-bond acceptors (Lipinski definition) is 3. The number of thiazole rings is 1. The molecule has 0 N–H and O–H groups in total. The van der Waals surface area contributed by atoms with Gasteiger partial charge >= 0.3 is 0 Å². The molecule has 1 aromatic heterocycles. The number of rotatable bonds is 4. The van der Waals surface area contributed by atoms with Gasteiger partial charge in [-0.05, 0) is 13.3 Å². The van der Waals surface area contributed by atoms with Gasteiger partial charge in [0.15, 0.2) is 0 Å². The Morgan fingerprint density at radius 1 is 1.67 bits per heavy atom. The first-order valence-corrected chi connectivity index (χ1v) is 5.03. The number of aromatic nitrogens is 1. The molecule has 1 atom stereocenters. The van der Waals surface area contributed by atoms with Gasteiger partial charge < -0.3 is 4.74 Å². The fourth-order valence-corrected chi connectivity index (χ4v) is 1.91. The molecule has 0 spiro atoms. The van der Waals surface area contributed by atoms with Crippen LogP contribution in [-0.2, 0) is 4.74 Å². The summed E-state index contributed by atoms with van der Waals surface area (Å²) in [7, 11) is 1.74. The van der Waals surface area contributed by atoms with E-state index < -0.39 is 0 Å². The van der Waals surface area contributed by atoms with Gasteiger partial charge in [0.2, 0.25) is 0 Å². The normalized spacial score (nSPS) is 13.2. The highest BCUT2D eigenvalue weighted by Gasteiger charge is 2.08. The average molecular weight is 185 g/mol. The molecule has 0 saturated heterocycles. The Kier molecular flexibility index (Phi) is 3.69. The topological polar surface area (TPSA) is 22.1 Å². The van der Waals surface area contributed by atoms with Crippen molar-refractivity contribution in [3.05, 3.63) is 16.1 Å². The molecule has 12 heavy (non-hydrogen) atoms. The molecular weight excluding hydrogens is 170 g/mol. The predicted octanol–water partition coefficient (Wildman–Crippen LogP) is 2.59. The molecule has 0 bridgehead atoms. The maximum Gasteiger partial charge on any atom is 0.0957 e. The molecule has 0 aliphatic heterocycles. The van der Waals surface area contributed by atoms with Gasteiger partial charge in [0, 0.05) is 30.7 Å². The first-order valence-electron chi connectivity index (χ1n) is 4.15. The minimum atomic E-state index is 0.531. The zero-order valence-corrected chi connectivity index (χ0v) is 8.65. The Morgan fingerprint density at radius 2 is 2.42 bits per heavy atom. The fraction of sp³-hybridized carbons (Fsp3) is 0.667. The molecule has 0 radical (unpaired) electrons. The van der Waals surface area contributed by atoms with Crippen LogP contribution in [0.4, 0.5) is 0 Å². The van der Waals surface area contributed by atoms with Gasteiger partial charge in [-0.2, -0.15) is 0 Å². The minimum Gasteiger partial charge on any atom is -0.385 e. The van der Waals surface area contributed by atoms with Crippen molar-refractivity contribution in [2.75, 3.05) is 13.7 Å². The summed E-state index contributed by atoms with van der Waals surface area (Å²) in [5.74, 6) is 0.531. The van der Waals surface area contributed by atoms with E-state index in [-0.39, 0.29) is 0 Å². The summed E-state index contributed by atoms with van der Waals surface area (Å²) in [5, 5.41) is 3.32. The molecule has 3 heteroatoms. The van der Waals surface area contributed by atoms with E-state index in [2.05, 4.69) is 17.3 Å². The van der Waals surface area contributed by atoms with E-state index in [4.69, 9.17) is 4.74 Å². The van der Waals surface area contributed by atoms with Crippen LogP contribution in [0.5, 0.6) is 0 Å². The van der Waals surface area contributed by atoms with Crippen molar-refractivity contribution in [1.29, 1.82) is 0 Å². The van der Waals surface area contributed by atoms with Crippen LogP contribution in [0.25, 0.3) is 0 Å². The van der Waals surface area contributed by atoms with Crippen molar-refractivity contribution >= 4 is 11.3 Å². The molecule has 0 aliphatic carbocycles. The molecule has 68 valence electrons. The van der Waals surface area contributed by atoms with Crippen molar-refractivity contribution in [3.63, 3.8) is 0 Å².